The number of piperidine rings is 1. The van der Waals surface area contributed by atoms with E-state index in [0.717, 1.165) is 24.0 Å². The van der Waals surface area contributed by atoms with E-state index in [4.69, 9.17) is 20.8 Å². The summed E-state index contributed by atoms with van der Waals surface area (Å²) in [6, 6.07) is 19.1. The van der Waals surface area contributed by atoms with Gasteiger partial charge >= 0.3 is 6.09 Å². The minimum atomic E-state index is -0.662. The Morgan fingerprint density at radius 1 is 1.00 bits per heavy atom. The van der Waals surface area contributed by atoms with Gasteiger partial charge in [-0.1, -0.05) is 24.3 Å². The summed E-state index contributed by atoms with van der Waals surface area (Å²) in [6.45, 7) is 7.35. The maximum atomic E-state index is 13.1. The molecule has 1 aliphatic rings. The van der Waals surface area contributed by atoms with E-state index in [-0.39, 0.29) is 17.4 Å². The zero-order valence-corrected chi connectivity index (χ0v) is 25.7. The lowest BCUT2D eigenvalue weighted by molar-refractivity contribution is 0.00821. The molecule has 0 aliphatic carbocycles. The summed E-state index contributed by atoms with van der Waals surface area (Å²) >= 11 is 0. The number of likely N-dealkylation sites (tertiary alicyclic amines) is 1. The molecule has 3 heterocycles. The van der Waals surface area contributed by atoms with Gasteiger partial charge in [0.05, 0.1) is 17.7 Å². The second-order valence-electron chi connectivity index (χ2n) is 11.9. The quantitative estimate of drug-likeness (QED) is 0.197. The van der Waals surface area contributed by atoms with Crippen molar-refractivity contribution >= 4 is 23.6 Å². The van der Waals surface area contributed by atoms with E-state index in [9.17, 15) is 14.4 Å². The first-order valence-electron chi connectivity index (χ1n) is 14.7. The van der Waals surface area contributed by atoms with E-state index < -0.39 is 17.7 Å². The molecule has 230 valence electrons. The van der Waals surface area contributed by atoms with Gasteiger partial charge in [0.2, 0.25) is 0 Å². The predicted octanol–water partition coefficient (Wildman–Crippen LogP) is 6.11. The average Bonchev–Trinajstić information content (AvgIpc) is 3.37. The summed E-state index contributed by atoms with van der Waals surface area (Å²) in [4.78, 5) is 49.6. The summed E-state index contributed by atoms with van der Waals surface area (Å²) in [5.41, 5.74) is 3.19. The number of nitriles is 1. The number of benzene rings is 2. The number of amides is 2. The third-order valence-electron chi connectivity index (χ3n) is 7.47. The normalized spacial score (nSPS) is 14.8. The van der Waals surface area contributed by atoms with Crippen molar-refractivity contribution in [2.24, 2.45) is 0 Å². The van der Waals surface area contributed by atoms with Crippen molar-refractivity contribution in [2.75, 3.05) is 17.7 Å². The number of hydrogen-bond acceptors (Lipinski definition) is 8. The molecule has 0 unspecified atom stereocenters. The number of ketones is 1. The highest BCUT2D eigenvalue weighted by atomic mass is 16.6. The number of aromatic nitrogens is 3. The zero-order chi connectivity index (χ0) is 32.3. The molecule has 4 aromatic rings. The van der Waals surface area contributed by atoms with Gasteiger partial charge in [-0.25, -0.2) is 19.4 Å². The highest BCUT2D eigenvalue weighted by molar-refractivity contribution is 6.04. The van der Waals surface area contributed by atoms with Gasteiger partial charge in [0.25, 0.3) is 5.91 Å². The fourth-order valence-corrected chi connectivity index (χ4v) is 5.35. The lowest BCUT2D eigenvalue weighted by Gasteiger charge is -2.36. The second-order valence-corrected chi connectivity index (χ2v) is 11.9. The number of rotatable bonds is 6. The number of hydrogen-bond donors (Lipinski definition) is 2. The maximum Gasteiger partial charge on any atom is 0.410 e. The van der Waals surface area contributed by atoms with Crippen LogP contribution in [0.5, 0.6) is 0 Å². The lowest BCUT2D eigenvalue weighted by atomic mass is 10.0. The van der Waals surface area contributed by atoms with Crippen LogP contribution in [0.3, 0.4) is 0 Å². The fourth-order valence-electron chi connectivity index (χ4n) is 5.35. The summed E-state index contributed by atoms with van der Waals surface area (Å²) in [5.74, 6) is 6.60. The number of nitrogens with two attached hydrogens (primary N) is 1. The number of carbonyl (C=O) groups excluding carboxylic acids is 3. The van der Waals surface area contributed by atoms with Gasteiger partial charge in [-0.2, -0.15) is 5.26 Å². The molecule has 1 atom stereocenters. The predicted molar refractivity (Wildman–Crippen MR) is 170 cm³/mol. The molecule has 2 aromatic heterocycles. The number of nitrogen functional groups attached to an aromatic ring is 1. The van der Waals surface area contributed by atoms with Crippen molar-refractivity contribution in [3.05, 3.63) is 89.5 Å². The van der Waals surface area contributed by atoms with Crippen LogP contribution in [-0.2, 0) is 4.74 Å². The Kier molecular flexibility index (Phi) is 8.68. The van der Waals surface area contributed by atoms with Crippen LogP contribution < -0.4 is 11.2 Å². The van der Waals surface area contributed by atoms with Crippen LogP contribution in [0.1, 0.15) is 85.2 Å². The van der Waals surface area contributed by atoms with E-state index >= 15 is 0 Å². The summed E-state index contributed by atoms with van der Waals surface area (Å²) in [7, 11) is 0. The first-order valence-corrected chi connectivity index (χ1v) is 14.7. The molecule has 1 aliphatic heterocycles. The molecular weight excluding hydrogens is 570 g/mol. The number of imidazole rings is 1. The van der Waals surface area contributed by atoms with Crippen molar-refractivity contribution in [3.63, 3.8) is 0 Å². The molecule has 5 rings (SSSR count). The van der Waals surface area contributed by atoms with Gasteiger partial charge in [0, 0.05) is 30.8 Å². The third kappa shape index (κ3) is 6.86. The highest BCUT2D eigenvalue weighted by Crippen LogP contribution is 2.35. The topological polar surface area (TPSA) is 156 Å². The van der Waals surface area contributed by atoms with E-state index in [1.165, 1.54) is 11.6 Å². The molecule has 0 spiro atoms. The van der Waals surface area contributed by atoms with E-state index in [2.05, 4.69) is 16.4 Å². The van der Waals surface area contributed by atoms with Crippen LogP contribution >= 0.6 is 0 Å². The number of pyridine rings is 1. The molecule has 1 fully saturated rings. The van der Waals surface area contributed by atoms with Crippen molar-refractivity contribution < 1.29 is 19.1 Å². The van der Waals surface area contributed by atoms with Gasteiger partial charge < -0.3 is 15.9 Å². The Bertz CT molecular complexity index is 1780. The highest BCUT2D eigenvalue weighted by Gasteiger charge is 2.36. The van der Waals surface area contributed by atoms with Crippen molar-refractivity contribution in [1.29, 1.82) is 5.26 Å². The number of carbonyl (C=O) groups is 3. The third-order valence-corrected chi connectivity index (χ3v) is 7.47. The number of ether oxygens (including phenoxy) is 1. The summed E-state index contributed by atoms with van der Waals surface area (Å²) in [6.07, 6.45) is 3.48. The molecule has 0 radical (unpaired) electrons. The minimum absolute atomic E-state index is 0.209. The van der Waals surface area contributed by atoms with Crippen molar-refractivity contribution in [1.82, 2.24) is 19.5 Å². The van der Waals surface area contributed by atoms with E-state index in [1.807, 2.05) is 39.0 Å². The molecular formula is C34H35N7O4. The number of nitrogens with one attached hydrogen (secondary N) is 1. The Labute approximate surface area is 261 Å². The Hall–Kier alpha value is -5.50. The Morgan fingerprint density at radius 3 is 2.33 bits per heavy atom. The monoisotopic (exact) mass is 605 g/mol. The smallest absolute Gasteiger partial charge is 0.410 e. The standard InChI is InChI=1S/C34H35N7O4/c1-21(42)30-29(39-31(41(30)36)27-7-5-6-18-40(27)33(44)45-34(2,3)4)24-12-14-25(15-13-24)32(43)38-28-19-26(16-17-37-28)23-10-8-22(20-35)9-11-23/h8-17,19,27H,5-7,18,36H2,1-4H3,(H,37,38,43)/t27-/m0/s1. The van der Waals surface area contributed by atoms with Crippen LogP contribution in [0.4, 0.5) is 10.6 Å². The van der Waals surface area contributed by atoms with Crippen LogP contribution in [0, 0.1) is 11.3 Å². The number of anilines is 1. The number of Topliss-reactive ketones (excluding diaryl/α,β-unsaturated/α-hetero) is 1. The van der Waals surface area contributed by atoms with Gasteiger partial charge in [-0.3, -0.25) is 14.5 Å². The molecule has 0 saturated carbocycles. The van der Waals surface area contributed by atoms with E-state index in [0.29, 0.717) is 47.0 Å². The molecule has 2 aromatic carbocycles. The van der Waals surface area contributed by atoms with Crippen LogP contribution in [-0.4, -0.2) is 49.5 Å². The number of nitrogens with zero attached hydrogens (tertiary/aromatic N) is 5. The molecule has 2 amide bonds. The zero-order valence-electron chi connectivity index (χ0n) is 25.7. The molecule has 1 saturated heterocycles. The summed E-state index contributed by atoms with van der Waals surface area (Å²) < 4.78 is 6.92. The first-order chi connectivity index (χ1) is 21.4. The van der Waals surface area contributed by atoms with Gasteiger partial charge in [0.15, 0.2) is 11.6 Å². The minimum Gasteiger partial charge on any atom is -0.444 e. The van der Waals surface area contributed by atoms with E-state index in [1.54, 1.807) is 53.6 Å². The van der Waals surface area contributed by atoms with Gasteiger partial charge in [0.1, 0.15) is 22.8 Å². The lowest BCUT2D eigenvalue weighted by Crippen LogP contribution is -2.43. The maximum absolute atomic E-state index is 13.1. The fraction of sp³-hybridized carbons (Fsp3) is 0.294. The molecule has 0 bridgehead atoms. The molecule has 11 heteroatoms. The molecule has 11 nitrogen and oxygen atoms in total. The summed E-state index contributed by atoms with van der Waals surface area (Å²) in [5, 5.41) is 11.9. The SMILES string of the molecule is CC(=O)c1c(-c2ccc(C(=O)Nc3cc(-c4ccc(C#N)cc4)ccn3)cc2)nc([C@@H]2CCCCN2C(=O)OC(C)(C)C)n1N. The van der Waals surface area contributed by atoms with Gasteiger partial charge in [-0.05, 0) is 87.6 Å². The van der Waals surface area contributed by atoms with Crippen LogP contribution in [0.25, 0.3) is 22.4 Å². The Morgan fingerprint density at radius 2 is 1.69 bits per heavy atom. The largest absolute Gasteiger partial charge is 0.444 e. The Balaban J connectivity index is 1.38. The average molecular weight is 606 g/mol. The van der Waals surface area contributed by atoms with Crippen LogP contribution in [0.15, 0.2) is 66.9 Å². The van der Waals surface area contributed by atoms with Crippen molar-refractivity contribution in [2.45, 2.75) is 58.6 Å². The molecule has 45 heavy (non-hydrogen) atoms. The van der Waals surface area contributed by atoms with Crippen molar-refractivity contribution in [3.8, 4) is 28.5 Å². The van der Waals surface area contributed by atoms with Gasteiger partial charge in [-0.15, -0.1) is 0 Å². The molecule has 3 N–H and O–H groups in total. The second kappa shape index (κ2) is 12.6. The first kappa shape index (κ1) is 30.9. The van der Waals surface area contributed by atoms with Crippen LogP contribution in [0.2, 0.25) is 0 Å².